The summed E-state index contributed by atoms with van der Waals surface area (Å²) in [4.78, 5) is 4.85. The summed E-state index contributed by atoms with van der Waals surface area (Å²) in [7, 11) is 2.17. The molecular weight excluding hydrogens is 253 g/mol. The quantitative estimate of drug-likeness (QED) is 0.917. The van der Waals surface area contributed by atoms with Crippen molar-refractivity contribution < 1.29 is 4.39 Å². The van der Waals surface area contributed by atoms with Gasteiger partial charge in [-0.1, -0.05) is 19.1 Å². The molecule has 0 aliphatic carbocycles. The second-order valence-corrected chi connectivity index (χ2v) is 5.72. The number of benzene rings is 1. The van der Waals surface area contributed by atoms with E-state index in [0.29, 0.717) is 12.6 Å². The highest BCUT2D eigenvalue weighted by atomic mass is 19.1. The maximum absolute atomic E-state index is 13.5. The highest BCUT2D eigenvalue weighted by molar-refractivity contribution is 5.21. The fourth-order valence-electron chi connectivity index (χ4n) is 3.21. The Labute approximate surface area is 121 Å². The van der Waals surface area contributed by atoms with E-state index in [2.05, 4.69) is 23.8 Å². The van der Waals surface area contributed by atoms with Gasteiger partial charge in [0.15, 0.2) is 0 Å². The van der Waals surface area contributed by atoms with Crippen LogP contribution in [0.4, 0.5) is 4.39 Å². The fourth-order valence-corrected chi connectivity index (χ4v) is 3.21. The second-order valence-electron chi connectivity index (χ2n) is 5.72. The van der Waals surface area contributed by atoms with Gasteiger partial charge in [0.1, 0.15) is 5.82 Å². The minimum atomic E-state index is -0.180. The lowest BCUT2D eigenvalue weighted by Crippen LogP contribution is -2.44. The Morgan fingerprint density at radius 3 is 2.85 bits per heavy atom. The molecule has 1 saturated heterocycles. The molecule has 2 rings (SSSR count). The number of hydrogen-bond donors (Lipinski definition) is 1. The molecule has 1 aromatic rings. The molecule has 1 fully saturated rings. The largest absolute Gasteiger partial charge is 0.329 e. The van der Waals surface area contributed by atoms with Gasteiger partial charge in [0.2, 0.25) is 0 Å². The van der Waals surface area contributed by atoms with E-state index in [1.807, 2.05) is 6.07 Å². The molecule has 1 aliphatic rings. The summed E-state index contributed by atoms with van der Waals surface area (Å²) >= 11 is 0. The van der Waals surface area contributed by atoms with Crippen molar-refractivity contribution in [3.8, 4) is 0 Å². The van der Waals surface area contributed by atoms with Crippen LogP contribution < -0.4 is 5.73 Å². The Bertz CT molecular complexity index is 424. The fraction of sp³-hybridized carbons (Fsp3) is 0.625. The Morgan fingerprint density at radius 1 is 1.40 bits per heavy atom. The van der Waals surface area contributed by atoms with Gasteiger partial charge >= 0.3 is 0 Å². The molecule has 0 radical (unpaired) electrons. The zero-order chi connectivity index (χ0) is 14.5. The van der Waals surface area contributed by atoms with E-state index in [1.165, 1.54) is 6.07 Å². The summed E-state index contributed by atoms with van der Waals surface area (Å²) in [5.74, 6) is -0.180. The number of rotatable bonds is 4. The molecule has 1 heterocycles. The van der Waals surface area contributed by atoms with Crippen LogP contribution in [0.25, 0.3) is 0 Å². The molecule has 20 heavy (non-hydrogen) atoms. The van der Waals surface area contributed by atoms with Gasteiger partial charge in [0.25, 0.3) is 0 Å². The first kappa shape index (κ1) is 15.4. The van der Waals surface area contributed by atoms with Gasteiger partial charge in [-0.05, 0) is 44.1 Å². The number of likely N-dealkylation sites (N-methyl/N-ethyl adjacent to an activating group) is 1. The van der Waals surface area contributed by atoms with Crippen LogP contribution in [-0.4, -0.2) is 49.1 Å². The van der Waals surface area contributed by atoms with E-state index >= 15 is 0 Å². The predicted octanol–water partition coefficient (Wildman–Crippen LogP) is 2.24. The summed E-state index contributed by atoms with van der Waals surface area (Å²) in [6.45, 7) is 5.95. The number of halogens is 1. The van der Waals surface area contributed by atoms with Gasteiger partial charge in [-0.2, -0.15) is 0 Å². The third-order valence-corrected chi connectivity index (χ3v) is 4.28. The van der Waals surface area contributed by atoms with Gasteiger partial charge in [-0.3, -0.25) is 4.90 Å². The van der Waals surface area contributed by atoms with Gasteiger partial charge in [-0.15, -0.1) is 0 Å². The topological polar surface area (TPSA) is 32.5 Å². The summed E-state index contributed by atoms with van der Waals surface area (Å²) in [5.41, 5.74) is 7.01. The molecule has 1 aromatic carbocycles. The minimum absolute atomic E-state index is 0.113. The summed E-state index contributed by atoms with van der Waals surface area (Å²) < 4.78 is 13.5. The molecule has 4 heteroatoms. The van der Waals surface area contributed by atoms with Crippen LogP contribution in [0.5, 0.6) is 0 Å². The zero-order valence-corrected chi connectivity index (χ0v) is 12.6. The molecule has 3 nitrogen and oxygen atoms in total. The van der Waals surface area contributed by atoms with E-state index in [9.17, 15) is 4.39 Å². The molecule has 2 unspecified atom stereocenters. The standard InChI is InChI=1S/C16H26FN3/c1-3-15-12-19(2)8-5-9-20(15)16(11-18)13-6-4-7-14(17)10-13/h4,6-7,10,15-16H,3,5,8-9,11-12,18H2,1-2H3. The van der Waals surface area contributed by atoms with E-state index in [-0.39, 0.29) is 11.9 Å². The van der Waals surface area contributed by atoms with E-state index in [0.717, 1.165) is 38.0 Å². The average Bonchev–Trinajstić information content (AvgIpc) is 2.62. The number of nitrogens with two attached hydrogens (primary N) is 1. The van der Waals surface area contributed by atoms with Crippen molar-refractivity contribution >= 4 is 0 Å². The number of nitrogens with zero attached hydrogens (tertiary/aromatic N) is 2. The van der Waals surface area contributed by atoms with Crippen molar-refractivity contribution in [3.63, 3.8) is 0 Å². The molecule has 0 bridgehead atoms. The van der Waals surface area contributed by atoms with E-state index in [1.54, 1.807) is 12.1 Å². The van der Waals surface area contributed by atoms with Gasteiger partial charge in [-0.25, -0.2) is 4.39 Å². The maximum atomic E-state index is 13.5. The molecule has 1 aliphatic heterocycles. The van der Waals surface area contributed by atoms with E-state index in [4.69, 9.17) is 5.73 Å². The van der Waals surface area contributed by atoms with Crippen molar-refractivity contribution in [2.45, 2.75) is 31.8 Å². The van der Waals surface area contributed by atoms with Gasteiger partial charge in [0.05, 0.1) is 0 Å². The molecule has 0 spiro atoms. The molecule has 2 N–H and O–H groups in total. The van der Waals surface area contributed by atoms with Crippen LogP contribution in [0, 0.1) is 5.82 Å². The highest BCUT2D eigenvalue weighted by Crippen LogP contribution is 2.26. The van der Waals surface area contributed by atoms with Crippen LogP contribution >= 0.6 is 0 Å². The average molecular weight is 279 g/mol. The smallest absolute Gasteiger partial charge is 0.123 e. The lowest BCUT2D eigenvalue weighted by atomic mass is 10.0. The van der Waals surface area contributed by atoms with Crippen molar-refractivity contribution in [1.29, 1.82) is 0 Å². The predicted molar refractivity (Wildman–Crippen MR) is 81.1 cm³/mol. The zero-order valence-electron chi connectivity index (χ0n) is 12.6. The van der Waals surface area contributed by atoms with Crippen LogP contribution in [0.1, 0.15) is 31.4 Å². The first-order valence-electron chi connectivity index (χ1n) is 7.55. The van der Waals surface area contributed by atoms with Crippen LogP contribution in [-0.2, 0) is 0 Å². The summed E-state index contributed by atoms with van der Waals surface area (Å²) in [6.07, 6.45) is 2.23. The molecule has 112 valence electrons. The summed E-state index contributed by atoms with van der Waals surface area (Å²) in [5, 5.41) is 0. The van der Waals surface area contributed by atoms with Crippen molar-refractivity contribution in [2.75, 3.05) is 33.2 Å². The lowest BCUT2D eigenvalue weighted by molar-refractivity contribution is 0.131. The van der Waals surface area contributed by atoms with Crippen LogP contribution in [0.3, 0.4) is 0 Å². The Balaban J connectivity index is 2.24. The van der Waals surface area contributed by atoms with Crippen LogP contribution in [0.2, 0.25) is 0 Å². The SMILES string of the molecule is CCC1CN(C)CCCN1C(CN)c1cccc(F)c1. The van der Waals surface area contributed by atoms with E-state index < -0.39 is 0 Å². The normalized spacial score (nSPS) is 23.5. The Kier molecular flexibility index (Phi) is 5.52. The third-order valence-electron chi connectivity index (χ3n) is 4.28. The highest BCUT2D eigenvalue weighted by Gasteiger charge is 2.28. The van der Waals surface area contributed by atoms with Crippen molar-refractivity contribution in [2.24, 2.45) is 5.73 Å². The Hall–Kier alpha value is -0.970. The monoisotopic (exact) mass is 279 g/mol. The van der Waals surface area contributed by atoms with Crippen molar-refractivity contribution in [3.05, 3.63) is 35.6 Å². The summed E-state index contributed by atoms with van der Waals surface area (Å²) in [6, 6.07) is 7.48. The molecule has 0 aromatic heterocycles. The van der Waals surface area contributed by atoms with Crippen LogP contribution in [0.15, 0.2) is 24.3 Å². The van der Waals surface area contributed by atoms with Gasteiger partial charge < -0.3 is 10.6 Å². The first-order chi connectivity index (χ1) is 9.65. The second kappa shape index (κ2) is 7.16. The minimum Gasteiger partial charge on any atom is -0.329 e. The molecule has 2 atom stereocenters. The first-order valence-corrected chi connectivity index (χ1v) is 7.55. The Morgan fingerprint density at radius 2 is 2.20 bits per heavy atom. The van der Waals surface area contributed by atoms with Crippen molar-refractivity contribution in [1.82, 2.24) is 9.80 Å². The number of hydrogen-bond acceptors (Lipinski definition) is 3. The third kappa shape index (κ3) is 3.57. The lowest BCUT2D eigenvalue weighted by Gasteiger charge is -2.36. The molecular formula is C16H26FN3. The molecule has 0 amide bonds. The maximum Gasteiger partial charge on any atom is 0.123 e. The van der Waals surface area contributed by atoms with Gasteiger partial charge in [0, 0.05) is 31.7 Å². The molecule has 0 saturated carbocycles.